The van der Waals surface area contributed by atoms with Crippen molar-refractivity contribution in [2.24, 2.45) is 11.8 Å². The smallest absolute Gasteiger partial charge is 0.244 e. The number of hydrogen-bond donors (Lipinski definition) is 4. The molecule has 0 spiro atoms. The molecule has 1 fully saturated rings. The molecule has 0 radical (unpaired) electrons. The van der Waals surface area contributed by atoms with Crippen molar-refractivity contribution < 1.29 is 29.0 Å². The number of carbonyl (C=O) groups is 3. The summed E-state index contributed by atoms with van der Waals surface area (Å²) in [6.45, 7) is -0.0671. The molecule has 0 aliphatic heterocycles. The molecule has 1 saturated carbocycles. The van der Waals surface area contributed by atoms with Crippen LogP contribution in [0.2, 0.25) is 0 Å². The van der Waals surface area contributed by atoms with Crippen molar-refractivity contribution in [3.05, 3.63) is 52.5 Å². The lowest BCUT2D eigenvalue weighted by Crippen LogP contribution is -2.57. The molecular weight excluding hydrogens is 646 g/mol. The van der Waals surface area contributed by atoms with Crippen molar-refractivity contribution in [1.82, 2.24) is 25.4 Å². The fraction of sp³-hybridized carbons (Fsp3) is 0.568. The largest absolute Gasteiger partial charge is 0.389 e. The minimum absolute atomic E-state index is 0.0993. The first-order valence-corrected chi connectivity index (χ1v) is 17.8. The fourth-order valence-electron chi connectivity index (χ4n) is 6.18. The summed E-state index contributed by atoms with van der Waals surface area (Å²) in [7, 11) is 3.21. The molecule has 1 heterocycles. The van der Waals surface area contributed by atoms with E-state index < -0.39 is 54.7 Å². The van der Waals surface area contributed by atoms with E-state index in [2.05, 4.69) is 27.5 Å². The van der Waals surface area contributed by atoms with Crippen molar-refractivity contribution in [3.63, 3.8) is 0 Å². The van der Waals surface area contributed by atoms with Gasteiger partial charge in [-0.05, 0) is 31.4 Å². The van der Waals surface area contributed by atoms with Crippen LogP contribution in [0, 0.1) is 36.5 Å². The molecule has 0 saturated heterocycles. The Labute approximate surface area is 293 Å². The average molecular weight is 696 g/mol. The average Bonchev–Trinajstić information content (AvgIpc) is 3.65. The molecule has 1 aromatic carbocycles. The van der Waals surface area contributed by atoms with Gasteiger partial charge in [-0.15, -0.1) is 30.1 Å². The van der Waals surface area contributed by atoms with Crippen LogP contribution in [0.4, 0.5) is 4.39 Å². The lowest BCUT2D eigenvalue weighted by molar-refractivity contribution is -0.137. The van der Waals surface area contributed by atoms with Crippen LogP contribution in [-0.2, 0) is 20.8 Å². The van der Waals surface area contributed by atoms with Crippen molar-refractivity contribution in [2.45, 2.75) is 88.0 Å². The monoisotopic (exact) mass is 695 g/mol. The predicted molar refractivity (Wildman–Crippen MR) is 189 cm³/mol. The molecule has 49 heavy (non-hydrogen) atoms. The number of aromatic nitrogens is 1. The second-order valence-electron chi connectivity index (χ2n) is 13.0. The summed E-state index contributed by atoms with van der Waals surface area (Å²) in [5.74, 6) is 1.86. The van der Waals surface area contributed by atoms with Gasteiger partial charge in [-0.2, -0.15) is 0 Å². The van der Waals surface area contributed by atoms with E-state index in [1.165, 1.54) is 21.1 Å². The Morgan fingerprint density at radius 2 is 1.78 bits per heavy atom. The summed E-state index contributed by atoms with van der Waals surface area (Å²) in [5, 5.41) is 29.3. The molecule has 1 aromatic heterocycles. The van der Waals surface area contributed by atoms with Gasteiger partial charge in [0.15, 0.2) is 0 Å². The molecule has 0 bridgehead atoms. The van der Waals surface area contributed by atoms with Crippen molar-refractivity contribution in [2.75, 3.05) is 34.0 Å². The Kier molecular flexibility index (Phi) is 16.7. The maximum atomic E-state index is 14.2. The van der Waals surface area contributed by atoms with Gasteiger partial charge < -0.3 is 25.7 Å². The number of alkyl halides is 1. The molecule has 4 N–H and O–H groups in total. The Morgan fingerprint density at radius 1 is 1.06 bits per heavy atom. The van der Waals surface area contributed by atoms with E-state index in [-0.39, 0.29) is 37.6 Å². The highest BCUT2D eigenvalue weighted by Gasteiger charge is 2.37. The first kappa shape index (κ1) is 39.6. The highest BCUT2D eigenvalue weighted by Crippen LogP contribution is 2.29. The minimum atomic E-state index is -1.35. The van der Waals surface area contributed by atoms with Crippen LogP contribution >= 0.6 is 11.3 Å². The van der Waals surface area contributed by atoms with E-state index >= 15 is 0 Å². The molecule has 6 atom stereocenters. The van der Waals surface area contributed by atoms with Crippen molar-refractivity contribution >= 4 is 29.1 Å². The molecule has 3 amide bonds. The highest BCUT2D eigenvalue weighted by molar-refractivity contribution is 7.07. The van der Waals surface area contributed by atoms with Crippen LogP contribution < -0.4 is 10.6 Å². The summed E-state index contributed by atoms with van der Waals surface area (Å²) in [6, 6.07) is 7.07. The predicted octanol–water partition coefficient (Wildman–Crippen LogP) is 3.11. The number of benzene rings is 1. The first-order valence-electron chi connectivity index (χ1n) is 16.8. The van der Waals surface area contributed by atoms with Crippen LogP contribution in [0.5, 0.6) is 0 Å². The fourth-order valence-corrected chi connectivity index (χ4v) is 6.77. The van der Waals surface area contributed by atoms with Gasteiger partial charge in [0.1, 0.15) is 18.9 Å². The van der Waals surface area contributed by atoms with Crippen molar-refractivity contribution in [3.8, 4) is 24.7 Å². The molecule has 12 heteroatoms. The number of carbonyl (C=O) groups excluding carboxylic acids is 3. The number of aliphatic hydroxyl groups excluding tert-OH is 2. The number of thiazole rings is 1. The molecule has 266 valence electrons. The van der Waals surface area contributed by atoms with Gasteiger partial charge in [0.2, 0.25) is 17.7 Å². The number of nitrogens with one attached hydrogen (secondary N) is 2. The van der Waals surface area contributed by atoms with E-state index in [9.17, 15) is 29.0 Å². The van der Waals surface area contributed by atoms with Crippen molar-refractivity contribution in [1.29, 1.82) is 0 Å². The Balaban J connectivity index is 1.91. The number of nitrogens with zero attached hydrogens (tertiary/aromatic N) is 3. The summed E-state index contributed by atoms with van der Waals surface area (Å²) in [5.41, 5.74) is 2.81. The number of amides is 3. The number of halogens is 1. The summed E-state index contributed by atoms with van der Waals surface area (Å²) >= 11 is 1.29. The van der Waals surface area contributed by atoms with E-state index in [1.807, 2.05) is 30.3 Å². The maximum absolute atomic E-state index is 14.2. The van der Waals surface area contributed by atoms with Crippen LogP contribution in [0.25, 0.3) is 0 Å². The van der Waals surface area contributed by atoms with Gasteiger partial charge in [-0.25, -0.2) is 9.37 Å². The third-order valence-corrected chi connectivity index (χ3v) is 9.80. The normalized spacial score (nSPS) is 17.1. The molecule has 2 aromatic rings. The van der Waals surface area contributed by atoms with E-state index in [0.717, 1.165) is 37.7 Å². The van der Waals surface area contributed by atoms with Crippen LogP contribution in [-0.4, -0.2) is 101 Å². The topological polar surface area (TPSA) is 135 Å². The van der Waals surface area contributed by atoms with Gasteiger partial charge in [0.05, 0.1) is 35.2 Å². The first-order chi connectivity index (χ1) is 23.6. The minimum Gasteiger partial charge on any atom is -0.389 e. The van der Waals surface area contributed by atoms with Gasteiger partial charge in [-0.3, -0.25) is 19.3 Å². The number of aliphatic hydroxyl groups is 2. The number of terminal acetylenes is 2. The quantitative estimate of drug-likeness (QED) is 0.131. The van der Waals surface area contributed by atoms with E-state index in [4.69, 9.17) is 12.8 Å². The van der Waals surface area contributed by atoms with Gasteiger partial charge >= 0.3 is 0 Å². The third-order valence-electron chi connectivity index (χ3n) is 9.20. The molecular formula is C37H50FN5O5S. The summed E-state index contributed by atoms with van der Waals surface area (Å²) in [4.78, 5) is 48.9. The lowest BCUT2D eigenvalue weighted by atomic mass is 9.82. The van der Waals surface area contributed by atoms with Gasteiger partial charge in [-0.1, -0.05) is 68.4 Å². The zero-order valence-electron chi connectivity index (χ0n) is 28.5. The van der Waals surface area contributed by atoms with Gasteiger partial charge in [0, 0.05) is 38.4 Å². The number of likely N-dealkylation sites (N-methyl/N-ethyl adjacent to an activating group) is 2. The van der Waals surface area contributed by atoms with E-state index in [1.54, 1.807) is 25.0 Å². The number of rotatable bonds is 19. The Bertz CT molecular complexity index is 1390. The van der Waals surface area contributed by atoms with Crippen LogP contribution in [0.15, 0.2) is 41.2 Å². The Morgan fingerprint density at radius 3 is 2.39 bits per heavy atom. The zero-order chi connectivity index (χ0) is 35.8. The second kappa shape index (κ2) is 20.6. The van der Waals surface area contributed by atoms with E-state index in [0.29, 0.717) is 18.7 Å². The van der Waals surface area contributed by atoms with Crippen LogP contribution in [0.3, 0.4) is 0 Å². The van der Waals surface area contributed by atoms with Gasteiger partial charge in [0.25, 0.3) is 0 Å². The molecule has 1 aliphatic rings. The molecule has 3 rings (SSSR count). The summed E-state index contributed by atoms with van der Waals surface area (Å²) in [6.07, 6.45) is 14.2. The Hall–Kier alpha value is -3.81. The number of hydrogen-bond acceptors (Lipinski definition) is 8. The standard InChI is InChI=1S/C37H50FN5O5S/c1-5-13-32(44)35(46)30(21-27-16-11-8-12-17-27)40-37(48)34(29(6-2)31-23-49-25-39-31)41-36(47)28(20-26-14-9-7-10-15-26)22-33(45)43(4)19-18-42(3)24-38/h1-2,7,9-10,14-15,23,25,27-30,32,34-35,44,46H,8,11-13,16-22,24H2,3-4H3,(H,40,48)(H,41,47)/t28?,29?,30?,32?,34-,35?/m0/s1. The zero-order valence-corrected chi connectivity index (χ0v) is 29.3. The second-order valence-corrected chi connectivity index (χ2v) is 13.7. The molecule has 10 nitrogen and oxygen atoms in total. The summed E-state index contributed by atoms with van der Waals surface area (Å²) < 4.78 is 13.0. The maximum Gasteiger partial charge on any atom is 0.244 e. The molecule has 5 unspecified atom stereocenters. The SMILES string of the molecule is C#CCC(O)C(O)C(CC1CCCCC1)NC(=O)[C@@H](NC(=O)C(CC(=O)N(C)CCN(C)CF)Cc1ccccc1)C(C#C)c1cscn1. The lowest BCUT2D eigenvalue weighted by Gasteiger charge is -2.34. The highest BCUT2D eigenvalue weighted by atomic mass is 32.1. The third kappa shape index (κ3) is 12.5. The van der Waals surface area contributed by atoms with Crippen LogP contribution in [0.1, 0.15) is 68.5 Å². The molecule has 1 aliphatic carbocycles.